The number of aromatic amines is 1. The summed E-state index contributed by atoms with van der Waals surface area (Å²) in [4.78, 5) is 13.5. The van der Waals surface area contributed by atoms with Gasteiger partial charge in [0.15, 0.2) is 0 Å². The smallest absolute Gasteiger partial charge is 0.285 e. The number of nitrogens with zero attached hydrogens (tertiary/aromatic N) is 2. The Morgan fingerprint density at radius 2 is 2.21 bits per heavy atom. The molecule has 19 heavy (non-hydrogen) atoms. The van der Waals surface area contributed by atoms with Crippen LogP contribution in [0.5, 0.6) is 5.75 Å². The Labute approximate surface area is 114 Å². The monoisotopic (exact) mass is 277 g/mol. The highest BCUT2D eigenvalue weighted by Crippen LogP contribution is 2.28. The van der Waals surface area contributed by atoms with E-state index in [1.807, 2.05) is 29.2 Å². The van der Waals surface area contributed by atoms with Crippen LogP contribution in [0.3, 0.4) is 0 Å². The summed E-state index contributed by atoms with van der Waals surface area (Å²) in [5.74, 6) is 0.874. The molecular weight excluding hydrogens is 266 g/mol. The van der Waals surface area contributed by atoms with Gasteiger partial charge in [0.25, 0.3) is 5.56 Å². The van der Waals surface area contributed by atoms with Crippen molar-refractivity contribution in [3.63, 3.8) is 0 Å². The Bertz CT molecular complexity index is 656. The number of anilines is 1. The maximum Gasteiger partial charge on any atom is 0.285 e. The van der Waals surface area contributed by atoms with Gasteiger partial charge >= 0.3 is 0 Å². The Hall–Kier alpha value is -2.01. The average Bonchev–Trinajstić information content (AvgIpc) is 2.64. The van der Waals surface area contributed by atoms with Crippen molar-refractivity contribution < 1.29 is 4.74 Å². The molecule has 1 aromatic carbocycles. The molecule has 0 bridgehead atoms. The Morgan fingerprint density at radius 1 is 1.37 bits per heavy atom. The highest BCUT2D eigenvalue weighted by Gasteiger charge is 2.18. The third-order valence-electron chi connectivity index (χ3n) is 3.07. The summed E-state index contributed by atoms with van der Waals surface area (Å²) in [7, 11) is 0. The molecule has 0 radical (unpaired) electrons. The number of benzene rings is 1. The number of hydrogen-bond acceptors (Lipinski definition) is 4. The van der Waals surface area contributed by atoms with E-state index in [-0.39, 0.29) is 10.6 Å². The zero-order valence-electron chi connectivity index (χ0n) is 10.1. The van der Waals surface area contributed by atoms with Gasteiger partial charge in [-0.3, -0.25) is 4.79 Å². The molecule has 1 N–H and O–H groups in total. The minimum absolute atomic E-state index is 0.161. The molecule has 0 saturated heterocycles. The van der Waals surface area contributed by atoms with Gasteiger partial charge in [-0.2, -0.15) is 5.10 Å². The van der Waals surface area contributed by atoms with Crippen LogP contribution in [0, 0.1) is 0 Å². The molecule has 1 aromatic heterocycles. The van der Waals surface area contributed by atoms with Gasteiger partial charge in [0.1, 0.15) is 17.4 Å². The number of aromatic nitrogens is 2. The first-order chi connectivity index (χ1) is 9.25. The predicted molar refractivity (Wildman–Crippen MR) is 72.9 cm³/mol. The summed E-state index contributed by atoms with van der Waals surface area (Å²) in [6.45, 7) is 1.83. The molecule has 0 amide bonds. The standard InChI is InChI=1S/C13H12ClN3O2/c14-12-10(7-15-16-13(12)18)17-5-6-19-11-4-2-1-3-9(11)8-17/h1-4,7H,5-6,8H2,(H,16,18). The van der Waals surface area contributed by atoms with Crippen LogP contribution in [0.2, 0.25) is 5.02 Å². The SMILES string of the molecule is O=c1[nH]ncc(N2CCOc3ccccc3C2)c1Cl. The summed E-state index contributed by atoms with van der Waals surface area (Å²) in [6, 6.07) is 7.85. The molecule has 98 valence electrons. The van der Waals surface area contributed by atoms with E-state index in [2.05, 4.69) is 10.2 Å². The first-order valence-electron chi connectivity index (χ1n) is 5.94. The first-order valence-corrected chi connectivity index (χ1v) is 6.32. The highest BCUT2D eigenvalue weighted by atomic mass is 35.5. The van der Waals surface area contributed by atoms with Crippen molar-refractivity contribution in [2.75, 3.05) is 18.1 Å². The molecule has 0 unspecified atom stereocenters. The van der Waals surface area contributed by atoms with Crippen LogP contribution in [-0.2, 0) is 6.54 Å². The van der Waals surface area contributed by atoms with Gasteiger partial charge in [0.2, 0.25) is 0 Å². The van der Waals surface area contributed by atoms with Crippen molar-refractivity contribution in [3.8, 4) is 5.75 Å². The van der Waals surface area contributed by atoms with Crippen molar-refractivity contribution in [2.45, 2.75) is 6.54 Å². The van der Waals surface area contributed by atoms with Crippen molar-refractivity contribution in [1.29, 1.82) is 0 Å². The highest BCUT2D eigenvalue weighted by molar-refractivity contribution is 6.32. The number of fused-ring (bicyclic) bond motifs is 1. The Morgan fingerprint density at radius 3 is 3.11 bits per heavy atom. The fourth-order valence-electron chi connectivity index (χ4n) is 2.13. The summed E-state index contributed by atoms with van der Waals surface area (Å²) in [6.07, 6.45) is 1.57. The number of rotatable bonds is 1. The number of hydrogen-bond donors (Lipinski definition) is 1. The number of halogens is 1. The fraction of sp³-hybridized carbons (Fsp3) is 0.231. The van der Waals surface area contributed by atoms with Gasteiger partial charge in [-0.1, -0.05) is 29.8 Å². The van der Waals surface area contributed by atoms with E-state index < -0.39 is 0 Å². The zero-order chi connectivity index (χ0) is 13.2. The van der Waals surface area contributed by atoms with Gasteiger partial charge in [-0.05, 0) is 6.07 Å². The molecule has 1 aliphatic heterocycles. The van der Waals surface area contributed by atoms with E-state index in [0.29, 0.717) is 25.4 Å². The van der Waals surface area contributed by atoms with Gasteiger partial charge in [0, 0.05) is 12.1 Å². The molecule has 0 spiro atoms. The van der Waals surface area contributed by atoms with Gasteiger partial charge < -0.3 is 9.64 Å². The largest absolute Gasteiger partial charge is 0.491 e. The fourth-order valence-corrected chi connectivity index (χ4v) is 2.34. The van der Waals surface area contributed by atoms with Gasteiger partial charge in [-0.15, -0.1) is 0 Å². The molecule has 2 aromatic rings. The maximum atomic E-state index is 11.5. The molecule has 0 saturated carbocycles. The van der Waals surface area contributed by atoms with E-state index in [1.165, 1.54) is 0 Å². The van der Waals surface area contributed by atoms with E-state index in [9.17, 15) is 4.79 Å². The van der Waals surface area contributed by atoms with E-state index >= 15 is 0 Å². The molecule has 6 heteroatoms. The molecule has 5 nitrogen and oxygen atoms in total. The number of para-hydroxylation sites is 1. The van der Waals surface area contributed by atoms with Crippen LogP contribution < -0.4 is 15.2 Å². The van der Waals surface area contributed by atoms with Crippen molar-refractivity contribution in [2.24, 2.45) is 0 Å². The molecule has 0 fully saturated rings. The second-order valence-electron chi connectivity index (χ2n) is 4.28. The van der Waals surface area contributed by atoms with Gasteiger partial charge in [0.05, 0.1) is 18.4 Å². The lowest BCUT2D eigenvalue weighted by Crippen LogP contribution is -2.27. The molecule has 3 rings (SSSR count). The second-order valence-corrected chi connectivity index (χ2v) is 4.65. The first kappa shape index (κ1) is 12.0. The predicted octanol–water partition coefficient (Wildman–Crippen LogP) is 1.82. The molecular formula is C13H12ClN3O2. The van der Waals surface area contributed by atoms with Gasteiger partial charge in [-0.25, -0.2) is 5.10 Å². The summed E-state index contributed by atoms with van der Waals surface area (Å²) >= 11 is 6.04. The third-order valence-corrected chi connectivity index (χ3v) is 3.44. The molecule has 1 aliphatic rings. The van der Waals surface area contributed by atoms with Crippen molar-refractivity contribution >= 4 is 17.3 Å². The maximum absolute atomic E-state index is 11.5. The molecule has 0 aliphatic carbocycles. The van der Waals surface area contributed by atoms with E-state index in [1.54, 1.807) is 6.20 Å². The van der Waals surface area contributed by atoms with Crippen LogP contribution in [0.4, 0.5) is 5.69 Å². The van der Waals surface area contributed by atoms with E-state index in [4.69, 9.17) is 16.3 Å². The van der Waals surface area contributed by atoms with Crippen LogP contribution in [0.15, 0.2) is 35.3 Å². The topological polar surface area (TPSA) is 58.2 Å². The zero-order valence-corrected chi connectivity index (χ0v) is 10.9. The van der Waals surface area contributed by atoms with Crippen molar-refractivity contribution in [1.82, 2.24) is 10.2 Å². The molecule has 2 heterocycles. The lowest BCUT2D eigenvalue weighted by atomic mass is 10.2. The van der Waals surface area contributed by atoms with Crippen LogP contribution in [0.1, 0.15) is 5.56 Å². The lowest BCUT2D eigenvalue weighted by molar-refractivity contribution is 0.331. The number of ether oxygens (including phenoxy) is 1. The van der Waals surface area contributed by atoms with Crippen LogP contribution >= 0.6 is 11.6 Å². The van der Waals surface area contributed by atoms with Crippen molar-refractivity contribution in [3.05, 3.63) is 51.4 Å². The Kier molecular flexibility index (Phi) is 3.13. The minimum atomic E-state index is -0.377. The number of nitrogens with one attached hydrogen (secondary N) is 1. The minimum Gasteiger partial charge on any atom is -0.491 e. The normalized spacial score (nSPS) is 14.5. The van der Waals surface area contributed by atoms with Crippen LogP contribution in [0.25, 0.3) is 0 Å². The number of H-pyrrole nitrogens is 1. The quantitative estimate of drug-likeness (QED) is 0.864. The Balaban J connectivity index is 1.99. The summed E-state index contributed by atoms with van der Waals surface area (Å²) in [5, 5.41) is 6.28. The van der Waals surface area contributed by atoms with Crippen LogP contribution in [-0.4, -0.2) is 23.3 Å². The average molecular weight is 278 g/mol. The van der Waals surface area contributed by atoms with E-state index in [0.717, 1.165) is 11.3 Å². The third kappa shape index (κ3) is 2.29. The lowest BCUT2D eigenvalue weighted by Gasteiger charge is -2.22. The second kappa shape index (κ2) is 4.93. The molecule has 0 atom stereocenters. The summed E-state index contributed by atoms with van der Waals surface area (Å²) in [5.41, 5.74) is 1.32. The summed E-state index contributed by atoms with van der Waals surface area (Å²) < 4.78 is 5.68.